The number of rotatable bonds is 6. The second-order valence-corrected chi connectivity index (χ2v) is 5.91. The summed E-state index contributed by atoms with van der Waals surface area (Å²) in [6.45, 7) is 3.65. The Morgan fingerprint density at radius 2 is 1.88 bits per heavy atom. The first kappa shape index (κ1) is 18.0. The predicted molar refractivity (Wildman–Crippen MR) is 94.1 cm³/mol. The predicted octanol–water partition coefficient (Wildman–Crippen LogP) is 3.94. The molecule has 0 fully saturated rings. The minimum Gasteiger partial charge on any atom is -0.452 e. The third-order valence-corrected chi connectivity index (χ3v) is 3.90. The van der Waals surface area contributed by atoms with Gasteiger partial charge in [0.2, 0.25) is 0 Å². The van der Waals surface area contributed by atoms with Crippen LogP contribution < -0.4 is 5.32 Å². The van der Waals surface area contributed by atoms with Gasteiger partial charge in [0, 0.05) is 5.02 Å². The van der Waals surface area contributed by atoms with Gasteiger partial charge in [-0.25, -0.2) is 4.79 Å². The number of esters is 1. The van der Waals surface area contributed by atoms with E-state index in [1.165, 1.54) is 11.6 Å². The number of halogens is 1. The fourth-order valence-corrected chi connectivity index (χ4v) is 2.43. The Hall–Kier alpha value is -2.33. The molecule has 0 bridgehead atoms. The maximum absolute atomic E-state index is 11.9. The van der Waals surface area contributed by atoms with Gasteiger partial charge in [-0.2, -0.15) is 0 Å². The highest BCUT2D eigenvalue weighted by atomic mass is 35.5. The number of hydrogen-bond donors (Lipinski definition) is 1. The van der Waals surface area contributed by atoms with E-state index in [9.17, 15) is 9.59 Å². The summed E-state index contributed by atoms with van der Waals surface area (Å²) in [7, 11) is 0. The third kappa shape index (κ3) is 5.10. The molecule has 4 nitrogen and oxygen atoms in total. The minimum absolute atomic E-state index is 0.159. The topological polar surface area (TPSA) is 55.4 Å². The monoisotopic (exact) mass is 345 g/mol. The Balaban J connectivity index is 1.85. The zero-order valence-corrected chi connectivity index (χ0v) is 14.5. The highest BCUT2D eigenvalue weighted by molar-refractivity contribution is 6.30. The number of carbonyl (C=O) groups is 2. The van der Waals surface area contributed by atoms with Gasteiger partial charge in [-0.1, -0.05) is 48.9 Å². The second-order valence-electron chi connectivity index (χ2n) is 5.47. The van der Waals surface area contributed by atoms with Gasteiger partial charge in [-0.05, 0) is 42.7 Å². The van der Waals surface area contributed by atoms with E-state index in [1.54, 1.807) is 18.2 Å². The van der Waals surface area contributed by atoms with Crippen molar-refractivity contribution in [3.63, 3.8) is 0 Å². The van der Waals surface area contributed by atoms with Crippen molar-refractivity contribution in [3.8, 4) is 0 Å². The van der Waals surface area contributed by atoms with E-state index in [0.717, 1.165) is 12.0 Å². The summed E-state index contributed by atoms with van der Waals surface area (Å²) in [5, 5.41) is 3.25. The first-order valence-corrected chi connectivity index (χ1v) is 8.18. The molecule has 2 aromatic carbocycles. The smallest absolute Gasteiger partial charge is 0.338 e. The molecule has 24 heavy (non-hydrogen) atoms. The lowest BCUT2D eigenvalue weighted by Crippen LogP contribution is -2.31. The number of carbonyl (C=O) groups excluding carboxylic acids is 2. The van der Waals surface area contributed by atoms with Gasteiger partial charge in [0.15, 0.2) is 6.61 Å². The Bertz CT molecular complexity index is 713. The molecule has 0 heterocycles. The van der Waals surface area contributed by atoms with Crippen molar-refractivity contribution in [1.29, 1.82) is 0 Å². The zero-order chi connectivity index (χ0) is 17.5. The van der Waals surface area contributed by atoms with Crippen LogP contribution >= 0.6 is 11.6 Å². The molecule has 0 aromatic heterocycles. The number of benzene rings is 2. The number of nitrogens with one attached hydrogen (secondary N) is 1. The molecular weight excluding hydrogens is 326 g/mol. The van der Waals surface area contributed by atoms with E-state index in [2.05, 4.69) is 12.2 Å². The first-order chi connectivity index (χ1) is 11.5. The van der Waals surface area contributed by atoms with Crippen LogP contribution in [0.4, 0.5) is 0 Å². The number of ether oxygens (including phenoxy) is 1. The average molecular weight is 346 g/mol. The van der Waals surface area contributed by atoms with Crippen LogP contribution in [0, 0.1) is 0 Å². The van der Waals surface area contributed by atoms with Gasteiger partial charge < -0.3 is 10.1 Å². The largest absolute Gasteiger partial charge is 0.452 e. The van der Waals surface area contributed by atoms with Crippen molar-refractivity contribution in [2.24, 2.45) is 0 Å². The van der Waals surface area contributed by atoms with Crippen LogP contribution in [0.2, 0.25) is 5.02 Å². The van der Waals surface area contributed by atoms with Crippen molar-refractivity contribution in [2.45, 2.75) is 26.3 Å². The molecule has 0 aliphatic rings. The lowest BCUT2D eigenvalue weighted by molar-refractivity contribution is -0.124. The van der Waals surface area contributed by atoms with E-state index < -0.39 is 5.97 Å². The maximum Gasteiger partial charge on any atom is 0.338 e. The lowest BCUT2D eigenvalue weighted by Gasteiger charge is -2.15. The van der Waals surface area contributed by atoms with Gasteiger partial charge >= 0.3 is 5.97 Å². The van der Waals surface area contributed by atoms with E-state index in [1.807, 2.05) is 31.2 Å². The van der Waals surface area contributed by atoms with Crippen LogP contribution in [-0.2, 0) is 16.0 Å². The van der Waals surface area contributed by atoms with Gasteiger partial charge in [-0.3, -0.25) is 4.79 Å². The van der Waals surface area contributed by atoms with E-state index >= 15 is 0 Å². The Morgan fingerprint density at radius 3 is 2.50 bits per heavy atom. The summed E-state index contributed by atoms with van der Waals surface area (Å²) < 4.78 is 5.01. The molecular formula is C19H20ClNO3. The van der Waals surface area contributed by atoms with Crippen LogP contribution in [0.3, 0.4) is 0 Å². The maximum atomic E-state index is 11.9. The molecule has 2 rings (SSSR count). The van der Waals surface area contributed by atoms with Crippen molar-refractivity contribution < 1.29 is 14.3 Å². The fraction of sp³-hybridized carbons (Fsp3) is 0.263. The van der Waals surface area contributed by atoms with Crippen LogP contribution in [0.5, 0.6) is 0 Å². The average Bonchev–Trinajstić information content (AvgIpc) is 2.59. The molecule has 0 spiro atoms. The quantitative estimate of drug-likeness (QED) is 0.807. The van der Waals surface area contributed by atoms with Gasteiger partial charge in [0.1, 0.15) is 0 Å². The molecule has 0 aliphatic heterocycles. The Kier molecular flexibility index (Phi) is 6.38. The normalized spacial score (nSPS) is 11.6. The molecule has 2 aromatic rings. The fourth-order valence-electron chi connectivity index (χ4n) is 2.24. The second kappa shape index (κ2) is 8.50. The summed E-state index contributed by atoms with van der Waals surface area (Å²) in [5.74, 6) is -0.926. The molecule has 0 aliphatic carbocycles. The SMILES string of the molecule is CCc1ccc(C(C)NC(=O)COC(=O)c2cccc(Cl)c2)cc1. The molecule has 0 radical (unpaired) electrons. The lowest BCUT2D eigenvalue weighted by atomic mass is 10.1. The molecule has 126 valence electrons. The van der Waals surface area contributed by atoms with E-state index in [0.29, 0.717) is 10.6 Å². The van der Waals surface area contributed by atoms with Gasteiger partial charge in [0.25, 0.3) is 5.91 Å². The molecule has 0 saturated heterocycles. The van der Waals surface area contributed by atoms with Gasteiger partial charge in [0.05, 0.1) is 11.6 Å². The minimum atomic E-state index is -0.576. The molecule has 0 saturated carbocycles. The summed E-state index contributed by atoms with van der Waals surface area (Å²) >= 11 is 5.82. The van der Waals surface area contributed by atoms with Crippen LogP contribution in [0.1, 0.15) is 41.4 Å². The summed E-state index contributed by atoms with van der Waals surface area (Å²) in [5.41, 5.74) is 2.56. The summed E-state index contributed by atoms with van der Waals surface area (Å²) in [6.07, 6.45) is 0.973. The molecule has 1 amide bonds. The Labute approximate surface area is 146 Å². The highest BCUT2D eigenvalue weighted by Crippen LogP contribution is 2.14. The molecule has 1 atom stereocenters. The highest BCUT2D eigenvalue weighted by Gasteiger charge is 2.13. The standard InChI is InChI=1S/C19H20ClNO3/c1-3-14-7-9-15(10-8-14)13(2)21-18(22)12-24-19(23)16-5-4-6-17(20)11-16/h4-11,13H,3,12H2,1-2H3,(H,21,22). The van der Waals surface area contributed by atoms with E-state index in [-0.39, 0.29) is 18.6 Å². The van der Waals surface area contributed by atoms with Crippen molar-refractivity contribution >= 4 is 23.5 Å². The molecule has 1 unspecified atom stereocenters. The molecule has 1 N–H and O–H groups in total. The molecule has 5 heteroatoms. The Morgan fingerprint density at radius 1 is 1.17 bits per heavy atom. The van der Waals surface area contributed by atoms with Crippen molar-refractivity contribution in [2.75, 3.05) is 6.61 Å². The van der Waals surface area contributed by atoms with E-state index in [4.69, 9.17) is 16.3 Å². The summed E-state index contributed by atoms with van der Waals surface area (Å²) in [6, 6.07) is 14.3. The number of hydrogen-bond acceptors (Lipinski definition) is 3. The van der Waals surface area contributed by atoms with Crippen LogP contribution in [0.15, 0.2) is 48.5 Å². The van der Waals surface area contributed by atoms with Gasteiger partial charge in [-0.15, -0.1) is 0 Å². The first-order valence-electron chi connectivity index (χ1n) is 7.80. The third-order valence-electron chi connectivity index (χ3n) is 3.66. The van der Waals surface area contributed by atoms with Crippen molar-refractivity contribution in [3.05, 3.63) is 70.2 Å². The zero-order valence-electron chi connectivity index (χ0n) is 13.7. The number of aryl methyl sites for hydroxylation is 1. The van der Waals surface area contributed by atoms with Crippen molar-refractivity contribution in [1.82, 2.24) is 5.32 Å². The summed E-state index contributed by atoms with van der Waals surface area (Å²) in [4.78, 5) is 23.8. The van der Waals surface area contributed by atoms with Crippen LogP contribution in [-0.4, -0.2) is 18.5 Å². The van der Waals surface area contributed by atoms with Crippen LogP contribution in [0.25, 0.3) is 0 Å². The number of amides is 1.